The summed E-state index contributed by atoms with van der Waals surface area (Å²) in [5.74, 6) is 0. The van der Waals surface area contributed by atoms with E-state index in [0.29, 0.717) is 5.41 Å². The van der Waals surface area contributed by atoms with Gasteiger partial charge in [0.2, 0.25) is 0 Å². The zero-order chi connectivity index (χ0) is 11.6. The highest BCUT2D eigenvalue weighted by Crippen LogP contribution is 2.24. The van der Waals surface area contributed by atoms with Crippen molar-refractivity contribution in [2.45, 2.75) is 27.2 Å². The second-order valence-electron chi connectivity index (χ2n) is 5.46. The largest absolute Gasteiger partial charge is 0.324 e. The molecule has 1 heterocycles. The van der Waals surface area contributed by atoms with Gasteiger partial charge in [0.15, 0.2) is 0 Å². The van der Waals surface area contributed by atoms with Gasteiger partial charge in [-0.15, -0.1) is 0 Å². The van der Waals surface area contributed by atoms with E-state index in [-0.39, 0.29) is 0 Å². The van der Waals surface area contributed by atoms with Crippen LogP contribution < -0.4 is 0 Å². The van der Waals surface area contributed by atoms with Crippen LogP contribution in [0.5, 0.6) is 0 Å². The molecule has 0 saturated carbocycles. The lowest BCUT2D eigenvalue weighted by Crippen LogP contribution is -2.11. The van der Waals surface area contributed by atoms with Crippen molar-refractivity contribution >= 4 is 0 Å². The van der Waals surface area contributed by atoms with E-state index in [1.165, 1.54) is 11.3 Å². The first kappa shape index (κ1) is 11.0. The Balaban J connectivity index is 2.39. The maximum Gasteiger partial charge on any atom is 0.0481 e. The van der Waals surface area contributed by atoms with Gasteiger partial charge < -0.3 is 4.57 Å². The summed E-state index contributed by atoms with van der Waals surface area (Å²) in [4.78, 5) is 0. The van der Waals surface area contributed by atoms with Gasteiger partial charge in [-0.1, -0.05) is 39.0 Å². The minimum atomic E-state index is 0.323. The van der Waals surface area contributed by atoms with Crippen molar-refractivity contribution in [1.29, 1.82) is 0 Å². The third-order valence-corrected chi connectivity index (χ3v) is 2.60. The van der Waals surface area contributed by atoms with Gasteiger partial charge >= 0.3 is 0 Å². The number of nitrogens with zero attached hydrogens (tertiary/aromatic N) is 1. The number of hydrogen-bond acceptors (Lipinski definition) is 0. The van der Waals surface area contributed by atoms with Crippen LogP contribution in [0.25, 0.3) is 5.69 Å². The van der Waals surface area contributed by atoms with Crippen LogP contribution in [-0.2, 0) is 6.42 Å². The van der Waals surface area contributed by atoms with Gasteiger partial charge in [0.25, 0.3) is 0 Å². The zero-order valence-electron chi connectivity index (χ0n) is 10.3. The zero-order valence-corrected chi connectivity index (χ0v) is 10.3. The van der Waals surface area contributed by atoms with E-state index in [1.807, 2.05) is 0 Å². The molecule has 1 heteroatoms. The molecule has 0 aliphatic rings. The maximum atomic E-state index is 2.28. The van der Waals surface area contributed by atoms with Crippen molar-refractivity contribution in [3.05, 3.63) is 54.4 Å². The first-order chi connectivity index (χ1) is 7.56. The summed E-state index contributed by atoms with van der Waals surface area (Å²) in [5, 5.41) is 0. The number of para-hydroxylation sites is 1. The highest BCUT2D eigenvalue weighted by atomic mass is 14.9. The first-order valence-electron chi connectivity index (χ1n) is 5.77. The van der Waals surface area contributed by atoms with Crippen LogP contribution in [-0.4, -0.2) is 4.57 Å². The Hall–Kier alpha value is -1.50. The number of benzene rings is 1. The molecule has 0 spiro atoms. The Morgan fingerprint density at radius 3 is 2.19 bits per heavy atom. The molecule has 0 bridgehead atoms. The van der Waals surface area contributed by atoms with Crippen molar-refractivity contribution in [1.82, 2.24) is 4.57 Å². The summed E-state index contributed by atoms with van der Waals surface area (Å²) in [5.41, 5.74) is 3.03. The van der Waals surface area contributed by atoms with Crippen LogP contribution in [0, 0.1) is 5.41 Å². The fourth-order valence-corrected chi connectivity index (χ4v) is 1.98. The summed E-state index contributed by atoms with van der Waals surface area (Å²) < 4.78 is 2.18. The smallest absolute Gasteiger partial charge is 0.0481 e. The normalized spacial score (nSPS) is 11.7. The van der Waals surface area contributed by atoms with Crippen molar-refractivity contribution in [3.8, 4) is 5.69 Å². The Labute approximate surface area is 97.7 Å². The molecule has 16 heavy (non-hydrogen) atoms. The Morgan fingerprint density at radius 2 is 1.56 bits per heavy atom. The van der Waals surface area contributed by atoms with Crippen molar-refractivity contribution in [2.75, 3.05) is 0 Å². The summed E-state index contributed by atoms with van der Waals surface area (Å²) >= 11 is 0. The standard InChI is InChI=1S/C15H19N/c1-15(2,3)12-13-8-4-5-9-14(13)16-10-6-7-11-16/h4-11H,12H2,1-3H3. The molecule has 0 saturated heterocycles. The highest BCUT2D eigenvalue weighted by molar-refractivity contribution is 5.41. The van der Waals surface area contributed by atoms with Gasteiger partial charge in [-0.05, 0) is 35.6 Å². The third-order valence-electron chi connectivity index (χ3n) is 2.60. The molecule has 0 N–H and O–H groups in total. The number of hydrogen-bond donors (Lipinski definition) is 0. The van der Waals surface area contributed by atoms with Gasteiger partial charge in [-0.25, -0.2) is 0 Å². The average molecular weight is 213 g/mol. The molecule has 0 unspecified atom stereocenters. The maximum absolute atomic E-state index is 2.28. The van der Waals surface area contributed by atoms with Crippen LogP contribution in [0.3, 0.4) is 0 Å². The monoisotopic (exact) mass is 213 g/mol. The molecule has 0 aliphatic heterocycles. The van der Waals surface area contributed by atoms with E-state index in [2.05, 4.69) is 74.1 Å². The molecule has 2 aromatic rings. The lowest BCUT2D eigenvalue weighted by atomic mass is 9.87. The highest BCUT2D eigenvalue weighted by Gasteiger charge is 2.13. The Bertz CT molecular complexity index is 447. The molecule has 2 rings (SSSR count). The van der Waals surface area contributed by atoms with E-state index in [0.717, 1.165) is 6.42 Å². The molecule has 0 atom stereocenters. The van der Waals surface area contributed by atoms with Crippen LogP contribution in [0.4, 0.5) is 0 Å². The lowest BCUT2D eigenvalue weighted by Gasteiger charge is -2.20. The van der Waals surface area contributed by atoms with Crippen LogP contribution in [0.15, 0.2) is 48.8 Å². The van der Waals surface area contributed by atoms with E-state index in [9.17, 15) is 0 Å². The summed E-state index contributed by atoms with van der Waals surface area (Å²) in [6.45, 7) is 6.83. The molecule has 84 valence electrons. The van der Waals surface area contributed by atoms with E-state index < -0.39 is 0 Å². The van der Waals surface area contributed by atoms with E-state index in [1.54, 1.807) is 0 Å². The van der Waals surface area contributed by atoms with Crippen molar-refractivity contribution in [3.63, 3.8) is 0 Å². The first-order valence-corrected chi connectivity index (χ1v) is 5.77. The van der Waals surface area contributed by atoms with Gasteiger partial charge in [-0.2, -0.15) is 0 Å². The Kier molecular flexibility index (Phi) is 2.86. The molecule has 0 radical (unpaired) electrons. The van der Waals surface area contributed by atoms with E-state index >= 15 is 0 Å². The molecular formula is C15H19N. The van der Waals surface area contributed by atoms with Crippen LogP contribution >= 0.6 is 0 Å². The van der Waals surface area contributed by atoms with Gasteiger partial charge in [0.05, 0.1) is 0 Å². The SMILES string of the molecule is CC(C)(C)Cc1ccccc1-n1cccc1. The molecule has 0 amide bonds. The minimum Gasteiger partial charge on any atom is -0.324 e. The average Bonchev–Trinajstić information content (AvgIpc) is 2.69. The predicted octanol–water partition coefficient (Wildman–Crippen LogP) is 4.07. The molecule has 1 aromatic heterocycles. The second-order valence-corrected chi connectivity index (χ2v) is 5.46. The molecular weight excluding hydrogens is 194 g/mol. The minimum absolute atomic E-state index is 0.323. The molecule has 1 aromatic carbocycles. The predicted molar refractivity (Wildman–Crippen MR) is 68.9 cm³/mol. The number of rotatable bonds is 2. The van der Waals surface area contributed by atoms with Crippen molar-refractivity contribution < 1.29 is 0 Å². The Morgan fingerprint density at radius 1 is 0.938 bits per heavy atom. The molecule has 1 nitrogen and oxygen atoms in total. The quantitative estimate of drug-likeness (QED) is 0.708. The fraction of sp³-hybridized carbons (Fsp3) is 0.333. The summed E-state index contributed by atoms with van der Waals surface area (Å²) in [7, 11) is 0. The van der Waals surface area contributed by atoms with Crippen molar-refractivity contribution in [2.24, 2.45) is 5.41 Å². The van der Waals surface area contributed by atoms with Crippen LogP contribution in [0.1, 0.15) is 26.3 Å². The van der Waals surface area contributed by atoms with E-state index in [4.69, 9.17) is 0 Å². The summed E-state index contributed by atoms with van der Waals surface area (Å²) in [6, 6.07) is 12.7. The topological polar surface area (TPSA) is 4.93 Å². The van der Waals surface area contributed by atoms with Gasteiger partial charge in [-0.3, -0.25) is 0 Å². The third kappa shape index (κ3) is 2.54. The molecule has 0 aliphatic carbocycles. The second kappa shape index (κ2) is 4.17. The van der Waals surface area contributed by atoms with Gasteiger partial charge in [0, 0.05) is 18.1 Å². The van der Waals surface area contributed by atoms with Gasteiger partial charge in [0.1, 0.15) is 0 Å². The molecule has 0 fully saturated rings. The lowest BCUT2D eigenvalue weighted by molar-refractivity contribution is 0.411. The number of aromatic nitrogens is 1. The summed E-state index contributed by atoms with van der Waals surface area (Å²) in [6.07, 6.45) is 5.30. The fourth-order valence-electron chi connectivity index (χ4n) is 1.98. The van der Waals surface area contributed by atoms with Crippen LogP contribution in [0.2, 0.25) is 0 Å².